The lowest BCUT2D eigenvalue weighted by molar-refractivity contribution is 0.124. The van der Waals surface area contributed by atoms with Crippen LogP contribution in [0.15, 0.2) is 0 Å². The molecule has 0 bridgehead atoms. The zero-order valence-corrected chi connectivity index (χ0v) is 10.3. The van der Waals surface area contributed by atoms with E-state index in [1.807, 2.05) is 0 Å². The smallest absolute Gasteiger partial charge is 0.0297 e. The number of hydrogen-bond donors (Lipinski definition) is 0. The molecule has 2 saturated carbocycles. The quantitative estimate of drug-likeness (QED) is 0.492. The molecule has 0 atom stereocenters. The Hall–Kier alpha value is 0. The Bertz CT molecular complexity index is 105. The molecule has 0 unspecified atom stereocenters. The molecule has 0 aromatic heterocycles. The van der Waals surface area contributed by atoms with Crippen molar-refractivity contribution in [2.75, 3.05) is 0 Å². The summed E-state index contributed by atoms with van der Waals surface area (Å²) in [5.41, 5.74) is 0.858. The molecule has 0 aliphatic heterocycles. The van der Waals surface area contributed by atoms with Crippen molar-refractivity contribution in [1.82, 2.24) is 0 Å². The highest BCUT2D eigenvalue weighted by Gasteiger charge is 2.32. The van der Waals surface area contributed by atoms with E-state index in [-0.39, 0.29) is 0 Å². The van der Waals surface area contributed by atoms with E-state index in [9.17, 15) is 0 Å². The van der Waals surface area contributed by atoms with E-state index < -0.39 is 0 Å². The van der Waals surface area contributed by atoms with E-state index >= 15 is 0 Å². The van der Waals surface area contributed by atoms with Gasteiger partial charge in [-0.2, -0.15) is 0 Å². The van der Waals surface area contributed by atoms with Crippen molar-refractivity contribution in [3.8, 4) is 0 Å². The van der Waals surface area contributed by atoms with Gasteiger partial charge >= 0.3 is 0 Å². The van der Waals surface area contributed by atoms with Gasteiger partial charge in [0, 0.05) is 0 Å². The van der Waals surface area contributed by atoms with Gasteiger partial charge in [0.15, 0.2) is 0 Å². The third kappa shape index (κ3) is 3.63. The normalized spacial score (nSPS) is 25.3. The second-order valence-electron chi connectivity index (χ2n) is 5.33. The van der Waals surface area contributed by atoms with Crippen LogP contribution in [0.1, 0.15) is 84.5 Å². The molecule has 0 heterocycles. The highest BCUT2D eigenvalue weighted by atomic mass is 14.4. The first-order valence-electron chi connectivity index (χ1n) is 6.83. The lowest BCUT2D eigenvalue weighted by atomic mass is 9.65. The molecule has 0 nitrogen and oxygen atoms in total. The average Bonchev–Trinajstić information content (AvgIpc) is 2.21. The van der Waals surface area contributed by atoms with E-state index in [1.54, 1.807) is 25.7 Å². The Morgan fingerprint density at radius 2 is 0.929 bits per heavy atom. The minimum absolute atomic E-state index is 0.858. The number of hydrogen-bond acceptors (Lipinski definition) is 0. The summed E-state index contributed by atoms with van der Waals surface area (Å²) in [4.78, 5) is 0. The van der Waals surface area contributed by atoms with Gasteiger partial charge in [0.25, 0.3) is 0 Å². The zero-order chi connectivity index (χ0) is 10.3. The molecule has 2 aliphatic carbocycles. The highest BCUT2D eigenvalue weighted by Crippen LogP contribution is 2.47. The van der Waals surface area contributed by atoms with Gasteiger partial charge in [-0.25, -0.2) is 0 Å². The fourth-order valence-electron chi connectivity index (χ4n) is 3.10. The Kier molecular flexibility index (Phi) is 5.59. The maximum atomic E-state index is 2.12. The van der Waals surface area contributed by atoms with E-state index in [0.29, 0.717) is 0 Å². The fraction of sp³-hybridized carbons (Fsp3) is 1.00. The first kappa shape index (κ1) is 12.1. The highest BCUT2D eigenvalue weighted by molar-refractivity contribution is 4.85. The van der Waals surface area contributed by atoms with E-state index in [2.05, 4.69) is 13.8 Å². The monoisotopic (exact) mass is 196 g/mol. The summed E-state index contributed by atoms with van der Waals surface area (Å²) in [6.45, 7) is 4.25. The van der Waals surface area contributed by atoms with E-state index in [4.69, 9.17) is 0 Å². The second kappa shape index (κ2) is 6.48. The first-order valence-corrected chi connectivity index (χ1v) is 6.83. The summed E-state index contributed by atoms with van der Waals surface area (Å²) in [5.74, 6) is 0. The molecule has 0 aromatic rings. The Balaban J connectivity index is 0.000000293. The van der Waals surface area contributed by atoms with Crippen LogP contribution >= 0.6 is 0 Å². The summed E-state index contributed by atoms with van der Waals surface area (Å²) in [6, 6.07) is 0. The maximum absolute atomic E-state index is 2.12. The molecule has 2 aliphatic rings. The van der Waals surface area contributed by atoms with Gasteiger partial charge in [0.05, 0.1) is 0 Å². The Morgan fingerprint density at radius 3 is 1.21 bits per heavy atom. The zero-order valence-electron chi connectivity index (χ0n) is 10.3. The standard InChI is InChI=1S/C11H20.C3H8/c1-3-7-11(8-4-1)9-5-2-6-10-11;1-3-2/h1-10H2;3H2,1-2H3. The van der Waals surface area contributed by atoms with Crippen LogP contribution in [0.2, 0.25) is 0 Å². The molecule has 0 N–H and O–H groups in total. The van der Waals surface area contributed by atoms with Gasteiger partial charge in [-0.05, 0) is 31.1 Å². The average molecular weight is 196 g/mol. The largest absolute Gasteiger partial charge is 0.0656 e. The lowest BCUT2D eigenvalue weighted by Crippen LogP contribution is -2.26. The molecule has 0 amide bonds. The van der Waals surface area contributed by atoms with Crippen LogP contribution in [0.5, 0.6) is 0 Å². The van der Waals surface area contributed by atoms with Crippen LogP contribution in [0, 0.1) is 5.41 Å². The van der Waals surface area contributed by atoms with Gasteiger partial charge < -0.3 is 0 Å². The molecule has 0 aromatic carbocycles. The molecule has 2 fully saturated rings. The molecular weight excluding hydrogens is 168 g/mol. The van der Waals surface area contributed by atoms with Crippen LogP contribution in [0.3, 0.4) is 0 Å². The predicted molar refractivity (Wildman–Crippen MR) is 64.6 cm³/mol. The second-order valence-corrected chi connectivity index (χ2v) is 5.33. The molecular formula is C14H28. The van der Waals surface area contributed by atoms with Gasteiger partial charge in [-0.1, -0.05) is 58.8 Å². The molecule has 14 heavy (non-hydrogen) atoms. The molecule has 0 heteroatoms. The third-order valence-electron chi connectivity index (χ3n) is 3.83. The van der Waals surface area contributed by atoms with Crippen molar-refractivity contribution in [2.45, 2.75) is 84.5 Å². The van der Waals surface area contributed by atoms with Crippen molar-refractivity contribution in [3.05, 3.63) is 0 Å². The Labute approximate surface area is 90.5 Å². The molecule has 0 saturated heterocycles. The third-order valence-corrected chi connectivity index (χ3v) is 3.83. The first-order chi connectivity index (χ1) is 6.83. The molecule has 84 valence electrons. The minimum Gasteiger partial charge on any atom is -0.0656 e. The van der Waals surface area contributed by atoms with Crippen LogP contribution in [-0.2, 0) is 0 Å². The summed E-state index contributed by atoms with van der Waals surface area (Å²) in [7, 11) is 0. The molecule has 2 rings (SSSR count). The van der Waals surface area contributed by atoms with Crippen LogP contribution in [0.25, 0.3) is 0 Å². The van der Waals surface area contributed by atoms with Crippen molar-refractivity contribution in [2.24, 2.45) is 5.41 Å². The summed E-state index contributed by atoms with van der Waals surface area (Å²) < 4.78 is 0. The summed E-state index contributed by atoms with van der Waals surface area (Å²) in [5, 5.41) is 0. The van der Waals surface area contributed by atoms with Gasteiger partial charge in [-0.15, -0.1) is 0 Å². The van der Waals surface area contributed by atoms with Gasteiger partial charge in [-0.3, -0.25) is 0 Å². The van der Waals surface area contributed by atoms with Crippen LogP contribution in [-0.4, -0.2) is 0 Å². The fourth-order valence-corrected chi connectivity index (χ4v) is 3.10. The summed E-state index contributed by atoms with van der Waals surface area (Å²) >= 11 is 0. The Morgan fingerprint density at radius 1 is 0.643 bits per heavy atom. The van der Waals surface area contributed by atoms with Crippen molar-refractivity contribution in [1.29, 1.82) is 0 Å². The van der Waals surface area contributed by atoms with Crippen LogP contribution < -0.4 is 0 Å². The molecule has 0 radical (unpaired) electrons. The van der Waals surface area contributed by atoms with E-state index in [0.717, 1.165) is 5.41 Å². The SMILES string of the molecule is C1CCC2(CC1)CCCCC2.CCC. The van der Waals surface area contributed by atoms with E-state index in [1.165, 1.54) is 44.9 Å². The minimum atomic E-state index is 0.858. The van der Waals surface area contributed by atoms with Crippen molar-refractivity contribution >= 4 is 0 Å². The lowest BCUT2D eigenvalue weighted by Gasteiger charge is -2.40. The summed E-state index contributed by atoms with van der Waals surface area (Å²) in [6.07, 6.45) is 16.6. The predicted octanol–water partition coefficient (Wildman–Crippen LogP) is 5.32. The molecule has 1 spiro atoms. The van der Waals surface area contributed by atoms with Crippen molar-refractivity contribution in [3.63, 3.8) is 0 Å². The van der Waals surface area contributed by atoms with Gasteiger partial charge in [0.1, 0.15) is 0 Å². The van der Waals surface area contributed by atoms with Crippen LogP contribution in [0.4, 0.5) is 0 Å². The topological polar surface area (TPSA) is 0 Å². The maximum Gasteiger partial charge on any atom is -0.0297 e. The van der Waals surface area contributed by atoms with Gasteiger partial charge in [0.2, 0.25) is 0 Å². The number of rotatable bonds is 0. The van der Waals surface area contributed by atoms with Crippen molar-refractivity contribution < 1.29 is 0 Å².